The van der Waals surface area contributed by atoms with Crippen LogP contribution in [0.5, 0.6) is 0 Å². The molecule has 0 unspecified atom stereocenters. The minimum atomic E-state index is -0.360. The summed E-state index contributed by atoms with van der Waals surface area (Å²) in [6.45, 7) is 1.82. The Kier molecular flexibility index (Phi) is 3.94. The van der Waals surface area contributed by atoms with Crippen LogP contribution in [0.3, 0.4) is 0 Å². The maximum Gasteiger partial charge on any atom is 0.275 e. The zero-order chi connectivity index (χ0) is 13.8. The Labute approximate surface area is 115 Å². The third-order valence-corrected chi connectivity index (χ3v) is 2.96. The van der Waals surface area contributed by atoms with Crippen molar-refractivity contribution >= 4 is 29.0 Å². The molecule has 1 heterocycles. The fourth-order valence-electron chi connectivity index (χ4n) is 1.45. The number of carbonyl (C=O) groups is 1. The van der Waals surface area contributed by atoms with Gasteiger partial charge in [0, 0.05) is 10.7 Å². The summed E-state index contributed by atoms with van der Waals surface area (Å²) in [5, 5.41) is 3.32. The van der Waals surface area contributed by atoms with Gasteiger partial charge in [-0.2, -0.15) is 0 Å². The standard InChI is InChI=1S/C12H12ClN5O/c1-7-8(13)3-2-4-9(7)17-12(19)10-5-16-11(18-14)6-15-10/h2-6H,14H2,1H3,(H,16,18)(H,17,19). The molecule has 0 fully saturated rings. The van der Waals surface area contributed by atoms with E-state index in [0.29, 0.717) is 16.5 Å². The lowest BCUT2D eigenvalue weighted by Crippen LogP contribution is -2.16. The number of benzene rings is 1. The lowest BCUT2D eigenvalue weighted by Gasteiger charge is -2.09. The number of nitrogens with one attached hydrogen (secondary N) is 2. The number of carbonyl (C=O) groups excluding carboxylic acids is 1. The number of nitrogen functional groups attached to an aromatic ring is 1. The first-order chi connectivity index (χ1) is 9.11. The van der Waals surface area contributed by atoms with Gasteiger partial charge in [0.05, 0.1) is 12.4 Å². The molecular weight excluding hydrogens is 266 g/mol. The van der Waals surface area contributed by atoms with Crippen molar-refractivity contribution in [3.05, 3.63) is 46.9 Å². The summed E-state index contributed by atoms with van der Waals surface area (Å²) in [4.78, 5) is 19.8. The quantitative estimate of drug-likeness (QED) is 0.589. The van der Waals surface area contributed by atoms with Gasteiger partial charge in [-0.15, -0.1) is 0 Å². The van der Waals surface area contributed by atoms with Crippen LogP contribution in [0.25, 0.3) is 0 Å². The molecule has 19 heavy (non-hydrogen) atoms. The molecule has 0 spiro atoms. The number of halogens is 1. The average Bonchev–Trinajstić information content (AvgIpc) is 2.44. The van der Waals surface area contributed by atoms with E-state index in [1.165, 1.54) is 12.4 Å². The largest absolute Gasteiger partial charge is 0.320 e. The second-order valence-electron chi connectivity index (χ2n) is 3.80. The molecule has 2 rings (SSSR count). The average molecular weight is 278 g/mol. The molecule has 0 aliphatic rings. The Morgan fingerprint density at radius 3 is 2.74 bits per heavy atom. The van der Waals surface area contributed by atoms with Crippen LogP contribution in [0.4, 0.5) is 11.5 Å². The highest BCUT2D eigenvalue weighted by Gasteiger charge is 2.10. The molecule has 0 atom stereocenters. The van der Waals surface area contributed by atoms with Gasteiger partial charge in [-0.1, -0.05) is 17.7 Å². The zero-order valence-electron chi connectivity index (χ0n) is 10.1. The molecule has 1 aromatic heterocycles. The highest BCUT2D eigenvalue weighted by molar-refractivity contribution is 6.31. The Bertz CT molecular complexity index is 600. The third-order valence-electron chi connectivity index (χ3n) is 2.55. The number of hydrogen-bond donors (Lipinski definition) is 3. The highest BCUT2D eigenvalue weighted by Crippen LogP contribution is 2.23. The van der Waals surface area contributed by atoms with Gasteiger partial charge in [0.25, 0.3) is 5.91 Å². The van der Waals surface area contributed by atoms with Crippen molar-refractivity contribution in [1.29, 1.82) is 0 Å². The smallest absolute Gasteiger partial charge is 0.275 e. The minimum Gasteiger partial charge on any atom is -0.320 e. The Balaban J connectivity index is 2.18. The molecule has 0 aliphatic carbocycles. The van der Waals surface area contributed by atoms with Gasteiger partial charge in [0.1, 0.15) is 5.69 Å². The number of hydrazine groups is 1. The predicted molar refractivity (Wildman–Crippen MR) is 74.0 cm³/mol. The normalized spacial score (nSPS) is 10.1. The first-order valence-corrected chi connectivity index (χ1v) is 5.84. The van der Waals surface area contributed by atoms with Crippen molar-refractivity contribution in [2.45, 2.75) is 6.92 Å². The van der Waals surface area contributed by atoms with Crippen LogP contribution in [-0.4, -0.2) is 15.9 Å². The topological polar surface area (TPSA) is 92.9 Å². The Morgan fingerprint density at radius 1 is 1.32 bits per heavy atom. The molecule has 1 amide bonds. The van der Waals surface area contributed by atoms with Gasteiger partial charge in [-0.3, -0.25) is 4.79 Å². The summed E-state index contributed by atoms with van der Waals surface area (Å²) in [7, 11) is 0. The maximum atomic E-state index is 12.0. The lowest BCUT2D eigenvalue weighted by molar-refractivity contribution is 0.102. The van der Waals surface area contributed by atoms with Crippen molar-refractivity contribution in [3.63, 3.8) is 0 Å². The number of nitrogens with two attached hydrogens (primary N) is 1. The second-order valence-corrected chi connectivity index (χ2v) is 4.20. The van der Waals surface area contributed by atoms with E-state index >= 15 is 0 Å². The van der Waals surface area contributed by atoms with Crippen LogP contribution in [0.1, 0.15) is 16.1 Å². The summed E-state index contributed by atoms with van der Waals surface area (Å²) < 4.78 is 0. The molecule has 0 saturated heterocycles. The van der Waals surface area contributed by atoms with E-state index in [2.05, 4.69) is 20.7 Å². The van der Waals surface area contributed by atoms with Gasteiger partial charge in [0.2, 0.25) is 0 Å². The molecule has 2 aromatic rings. The van der Waals surface area contributed by atoms with Crippen LogP contribution in [0.15, 0.2) is 30.6 Å². The number of hydrogen-bond acceptors (Lipinski definition) is 5. The van der Waals surface area contributed by atoms with Crippen LogP contribution >= 0.6 is 11.6 Å². The summed E-state index contributed by atoms with van der Waals surface area (Å²) in [5.74, 6) is 5.19. The molecule has 4 N–H and O–H groups in total. The molecule has 0 saturated carbocycles. The first kappa shape index (κ1) is 13.3. The lowest BCUT2D eigenvalue weighted by atomic mass is 10.2. The first-order valence-electron chi connectivity index (χ1n) is 5.47. The van der Waals surface area contributed by atoms with Crippen molar-refractivity contribution in [1.82, 2.24) is 9.97 Å². The van der Waals surface area contributed by atoms with E-state index < -0.39 is 0 Å². The van der Waals surface area contributed by atoms with Crippen LogP contribution < -0.4 is 16.6 Å². The minimum absolute atomic E-state index is 0.193. The zero-order valence-corrected chi connectivity index (χ0v) is 10.9. The fourth-order valence-corrected chi connectivity index (χ4v) is 1.62. The van der Waals surface area contributed by atoms with Crippen molar-refractivity contribution < 1.29 is 4.79 Å². The maximum absolute atomic E-state index is 12.0. The van der Waals surface area contributed by atoms with Gasteiger partial charge < -0.3 is 10.7 Å². The van der Waals surface area contributed by atoms with E-state index in [-0.39, 0.29) is 11.6 Å². The SMILES string of the molecule is Cc1c(Cl)cccc1NC(=O)c1cnc(NN)cn1. The molecule has 7 heteroatoms. The molecule has 0 bridgehead atoms. The molecule has 1 aromatic carbocycles. The Hall–Kier alpha value is -2.18. The fraction of sp³-hybridized carbons (Fsp3) is 0.0833. The van der Waals surface area contributed by atoms with Crippen LogP contribution in [-0.2, 0) is 0 Å². The van der Waals surface area contributed by atoms with Crippen LogP contribution in [0.2, 0.25) is 5.02 Å². The molecule has 6 nitrogen and oxygen atoms in total. The van der Waals surface area contributed by atoms with E-state index in [0.717, 1.165) is 5.56 Å². The molecule has 98 valence electrons. The summed E-state index contributed by atoms with van der Waals surface area (Å²) >= 11 is 5.98. The Morgan fingerprint density at radius 2 is 2.11 bits per heavy atom. The second kappa shape index (κ2) is 5.64. The van der Waals surface area contributed by atoms with Crippen molar-refractivity contribution in [2.24, 2.45) is 5.84 Å². The number of nitrogens with zero attached hydrogens (tertiary/aromatic N) is 2. The van der Waals surface area contributed by atoms with Crippen molar-refractivity contribution in [3.8, 4) is 0 Å². The van der Waals surface area contributed by atoms with Gasteiger partial charge in [-0.05, 0) is 24.6 Å². The predicted octanol–water partition coefficient (Wildman–Crippen LogP) is 1.98. The summed E-state index contributed by atoms with van der Waals surface area (Å²) in [6, 6.07) is 5.29. The van der Waals surface area contributed by atoms with E-state index in [1.807, 2.05) is 6.92 Å². The van der Waals surface area contributed by atoms with E-state index in [4.69, 9.17) is 17.4 Å². The number of aromatic nitrogens is 2. The molecule has 0 radical (unpaired) electrons. The van der Waals surface area contributed by atoms with Gasteiger partial charge >= 0.3 is 0 Å². The van der Waals surface area contributed by atoms with E-state index in [9.17, 15) is 4.79 Å². The van der Waals surface area contributed by atoms with Gasteiger partial charge in [0.15, 0.2) is 5.82 Å². The van der Waals surface area contributed by atoms with Crippen molar-refractivity contribution in [2.75, 3.05) is 10.7 Å². The van der Waals surface area contributed by atoms with E-state index in [1.54, 1.807) is 18.2 Å². The van der Waals surface area contributed by atoms with Crippen LogP contribution in [0, 0.1) is 6.92 Å². The summed E-state index contributed by atoms with van der Waals surface area (Å²) in [6.07, 6.45) is 2.71. The third kappa shape index (κ3) is 2.98. The molecule has 0 aliphatic heterocycles. The van der Waals surface area contributed by atoms with Gasteiger partial charge in [-0.25, -0.2) is 15.8 Å². The number of rotatable bonds is 3. The summed E-state index contributed by atoms with van der Waals surface area (Å²) in [5.41, 5.74) is 3.97. The molecular formula is C12H12ClN5O. The highest BCUT2D eigenvalue weighted by atomic mass is 35.5. The number of amides is 1. The monoisotopic (exact) mass is 277 g/mol. The number of anilines is 2.